The minimum absolute atomic E-state index is 0.0268. The number of carboxylic acid groups (broad SMARTS) is 1. The van der Waals surface area contributed by atoms with Gasteiger partial charge in [-0.1, -0.05) is 12.1 Å². The van der Waals surface area contributed by atoms with Gasteiger partial charge in [-0.2, -0.15) is 0 Å². The third kappa shape index (κ3) is 3.71. The van der Waals surface area contributed by atoms with Crippen molar-refractivity contribution in [3.05, 3.63) is 29.8 Å². The Kier molecular flexibility index (Phi) is 4.77. The van der Waals surface area contributed by atoms with E-state index in [0.29, 0.717) is 12.2 Å². The number of nitrogens with one attached hydrogen (secondary N) is 2. The molecule has 2 unspecified atom stereocenters. The monoisotopic (exact) mass is 293 g/mol. The molecule has 1 aromatic carbocycles. The van der Waals surface area contributed by atoms with Crippen LogP contribution in [0.4, 0.5) is 10.5 Å². The highest BCUT2D eigenvalue weighted by Crippen LogP contribution is 2.20. The molecule has 1 aliphatic rings. The Bertz CT molecular complexity index is 535. The van der Waals surface area contributed by atoms with E-state index in [1.807, 2.05) is 25.2 Å². The van der Waals surface area contributed by atoms with Gasteiger partial charge < -0.3 is 25.7 Å². The highest BCUT2D eigenvalue weighted by atomic mass is 16.4. The maximum absolute atomic E-state index is 12.2. The molecule has 114 valence electrons. The smallest absolute Gasteiger partial charge is 0.326 e. The van der Waals surface area contributed by atoms with E-state index in [0.717, 1.165) is 10.5 Å². The molecular formula is C14H19N3O4. The van der Waals surface area contributed by atoms with E-state index >= 15 is 0 Å². The van der Waals surface area contributed by atoms with Gasteiger partial charge in [-0.05, 0) is 24.7 Å². The first-order valence-corrected chi connectivity index (χ1v) is 6.73. The Hall–Kier alpha value is -2.12. The number of aliphatic hydroxyl groups excluding tert-OH is 1. The molecule has 2 rings (SSSR count). The van der Waals surface area contributed by atoms with Crippen LogP contribution in [-0.2, 0) is 11.3 Å². The number of anilines is 1. The summed E-state index contributed by atoms with van der Waals surface area (Å²) in [6.45, 7) is 0.697. The number of amides is 2. The summed E-state index contributed by atoms with van der Waals surface area (Å²) in [4.78, 5) is 24.4. The van der Waals surface area contributed by atoms with Gasteiger partial charge in [-0.25, -0.2) is 9.59 Å². The van der Waals surface area contributed by atoms with E-state index in [9.17, 15) is 14.7 Å². The molecule has 2 amide bonds. The first-order valence-electron chi connectivity index (χ1n) is 6.73. The molecule has 0 aromatic heterocycles. The van der Waals surface area contributed by atoms with Crippen LogP contribution < -0.4 is 10.6 Å². The van der Waals surface area contributed by atoms with Crippen LogP contribution >= 0.6 is 0 Å². The van der Waals surface area contributed by atoms with Crippen LogP contribution in [0, 0.1) is 0 Å². The van der Waals surface area contributed by atoms with E-state index < -0.39 is 24.1 Å². The summed E-state index contributed by atoms with van der Waals surface area (Å²) in [5.41, 5.74) is 1.60. The van der Waals surface area contributed by atoms with Crippen molar-refractivity contribution < 1.29 is 19.8 Å². The van der Waals surface area contributed by atoms with Crippen molar-refractivity contribution in [1.82, 2.24) is 10.2 Å². The summed E-state index contributed by atoms with van der Waals surface area (Å²) in [6, 6.07) is 5.79. The number of aliphatic hydroxyl groups is 1. The van der Waals surface area contributed by atoms with Crippen LogP contribution in [0.3, 0.4) is 0 Å². The molecule has 1 fully saturated rings. The summed E-state index contributed by atoms with van der Waals surface area (Å²) in [6.07, 6.45) is -0.741. The zero-order chi connectivity index (χ0) is 15.4. The van der Waals surface area contributed by atoms with E-state index in [4.69, 9.17) is 5.11 Å². The average Bonchev–Trinajstić information content (AvgIpc) is 2.82. The lowest BCUT2D eigenvalue weighted by molar-refractivity contribution is -0.141. The molecule has 21 heavy (non-hydrogen) atoms. The maximum atomic E-state index is 12.2. The van der Waals surface area contributed by atoms with Crippen LogP contribution in [0.25, 0.3) is 0 Å². The van der Waals surface area contributed by atoms with Crippen molar-refractivity contribution in [3.63, 3.8) is 0 Å². The number of carbonyl (C=O) groups is 2. The summed E-state index contributed by atoms with van der Waals surface area (Å²) >= 11 is 0. The van der Waals surface area contributed by atoms with Gasteiger partial charge >= 0.3 is 12.0 Å². The number of benzene rings is 1. The van der Waals surface area contributed by atoms with E-state index in [1.54, 1.807) is 6.07 Å². The van der Waals surface area contributed by atoms with Crippen molar-refractivity contribution in [2.24, 2.45) is 0 Å². The molecule has 1 saturated heterocycles. The lowest BCUT2D eigenvalue weighted by Crippen LogP contribution is -2.43. The Morgan fingerprint density at radius 3 is 2.86 bits per heavy atom. The molecule has 0 radical (unpaired) electrons. The van der Waals surface area contributed by atoms with Gasteiger partial charge in [0.2, 0.25) is 0 Å². The lowest BCUT2D eigenvalue weighted by Gasteiger charge is -2.21. The van der Waals surface area contributed by atoms with Crippen LogP contribution in [0.5, 0.6) is 0 Å². The predicted octanol–water partition coefficient (Wildman–Crippen LogP) is 0.458. The molecule has 7 nitrogen and oxygen atoms in total. The molecule has 2 atom stereocenters. The molecule has 1 aliphatic heterocycles. The topological polar surface area (TPSA) is 102 Å². The molecule has 0 saturated carbocycles. The number of β-amino-alcohol motifs (C(OH)–C–C–N with tert-alkyl or cyclic N) is 1. The van der Waals surface area contributed by atoms with E-state index in [-0.39, 0.29) is 13.0 Å². The van der Waals surface area contributed by atoms with Gasteiger partial charge in [0.1, 0.15) is 6.04 Å². The number of nitrogens with zero attached hydrogens (tertiary/aromatic N) is 1. The largest absolute Gasteiger partial charge is 0.480 e. The molecule has 4 N–H and O–H groups in total. The predicted molar refractivity (Wildman–Crippen MR) is 77.0 cm³/mol. The Balaban J connectivity index is 2.07. The van der Waals surface area contributed by atoms with Gasteiger partial charge in [-0.3, -0.25) is 0 Å². The van der Waals surface area contributed by atoms with Gasteiger partial charge in [0.05, 0.1) is 6.10 Å². The van der Waals surface area contributed by atoms with Gasteiger partial charge in [0.25, 0.3) is 0 Å². The van der Waals surface area contributed by atoms with E-state index in [2.05, 4.69) is 10.6 Å². The maximum Gasteiger partial charge on any atom is 0.326 e. The fourth-order valence-electron chi connectivity index (χ4n) is 2.43. The number of carboxylic acids is 1. The summed E-state index contributed by atoms with van der Waals surface area (Å²) < 4.78 is 0. The number of hydrogen-bond acceptors (Lipinski definition) is 4. The summed E-state index contributed by atoms with van der Waals surface area (Å²) in [5.74, 6) is -1.11. The lowest BCUT2D eigenvalue weighted by atomic mass is 10.2. The van der Waals surface area contributed by atoms with Crippen molar-refractivity contribution in [2.75, 3.05) is 18.9 Å². The molecule has 0 aliphatic carbocycles. The van der Waals surface area contributed by atoms with Gasteiger partial charge in [0.15, 0.2) is 0 Å². The second kappa shape index (κ2) is 6.55. The summed E-state index contributed by atoms with van der Waals surface area (Å²) in [7, 11) is 1.83. The highest BCUT2D eigenvalue weighted by Gasteiger charge is 2.38. The Morgan fingerprint density at radius 2 is 2.19 bits per heavy atom. The second-order valence-electron chi connectivity index (χ2n) is 5.06. The number of likely N-dealkylation sites (tertiary alicyclic amines) is 1. The third-order valence-corrected chi connectivity index (χ3v) is 3.38. The van der Waals surface area contributed by atoms with Crippen molar-refractivity contribution in [3.8, 4) is 0 Å². The molecule has 0 bridgehead atoms. The Morgan fingerprint density at radius 1 is 1.43 bits per heavy atom. The quantitative estimate of drug-likeness (QED) is 0.646. The van der Waals surface area contributed by atoms with Crippen molar-refractivity contribution in [1.29, 1.82) is 0 Å². The van der Waals surface area contributed by atoms with Crippen LogP contribution in [-0.4, -0.2) is 52.9 Å². The molecular weight excluding hydrogens is 274 g/mol. The first kappa shape index (κ1) is 15.3. The minimum Gasteiger partial charge on any atom is -0.480 e. The normalized spacial score (nSPS) is 21.3. The fraction of sp³-hybridized carbons (Fsp3) is 0.429. The zero-order valence-corrected chi connectivity index (χ0v) is 11.7. The number of carbonyl (C=O) groups excluding carboxylic acids is 1. The summed E-state index contributed by atoms with van der Waals surface area (Å²) in [5, 5.41) is 24.3. The van der Waals surface area contributed by atoms with Crippen LogP contribution in [0.2, 0.25) is 0 Å². The zero-order valence-electron chi connectivity index (χ0n) is 11.7. The number of rotatable bonds is 4. The van der Waals surface area contributed by atoms with Gasteiger partial charge in [-0.15, -0.1) is 0 Å². The van der Waals surface area contributed by atoms with E-state index in [1.165, 1.54) is 0 Å². The van der Waals surface area contributed by atoms with Gasteiger partial charge in [0, 0.05) is 25.2 Å². The SMILES string of the molecule is CNCc1cccc(NC(=O)N2CC(O)CC2C(=O)O)c1. The van der Waals surface area contributed by atoms with Crippen molar-refractivity contribution >= 4 is 17.7 Å². The third-order valence-electron chi connectivity index (χ3n) is 3.38. The second-order valence-corrected chi connectivity index (χ2v) is 5.06. The highest BCUT2D eigenvalue weighted by molar-refractivity contribution is 5.92. The number of aliphatic carboxylic acids is 1. The van der Waals surface area contributed by atoms with Crippen LogP contribution in [0.1, 0.15) is 12.0 Å². The number of urea groups is 1. The molecule has 1 heterocycles. The van der Waals surface area contributed by atoms with Crippen molar-refractivity contribution in [2.45, 2.75) is 25.1 Å². The fourth-order valence-corrected chi connectivity index (χ4v) is 2.43. The molecule has 7 heteroatoms. The standard InChI is InChI=1S/C14H19N3O4/c1-15-7-9-3-2-4-10(5-9)16-14(21)17-8-11(18)6-12(17)13(19)20/h2-5,11-12,15,18H,6-8H2,1H3,(H,16,21)(H,19,20). The Labute approximate surface area is 122 Å². The molecule has 1 aromatic rings. The minimum atomic E-state index is -1.11. The van der Waals surface area contributed by atoms with Crippen LogP contribution in [0.15, 0.2) is 24.3 Å². The first-order chi connectivity index (χ1) is 10.0. The number of hydrogen-bond donors (Lipinski definition) is 4. The molecule has 0 spiro atoms. The average molecular weight is 293 g/mol.